The fraction of sp³-hybridized carbons (Fsp3) is 0.588. The highest BCUT2D eigenvalue weighted by Crippen LogP contribution is 2.24. The van der Waals surface area contributed by atoms with E-state index in [1.165, 1.54) is 16.7 Å². The molecule has 0 saturated carbocycles. The first-order valence-corrected chi connectivity index (χ1v) is 7.75. The molecule has 3 heteroatoms. The molecule has 0 radical (unpaired) electrons. The maximum Gasteiger partial charge on any atom is 0.220 e. The highest BCUT2D eigenvalue weighted by molar-refractivity contribution is 5.78. The predicted molar refractivity (Wildman–Crippen MR) is 80.7 cm³/mol. The van der Waals surface area contributed by atoms with E-state index in [1.54, 1.807) is 0 Å². The van der Waals surface area contributed by atoms with Gasteiger partial charge in [-0.3, -0.25) is 9.69 Å². The van der Waals surface area contributed by atoms with Crippen LogP contribution in [0.25, 0.3) is 0 Å². The lowest BCUT2D eigenvalue weighted by Gasteiger charge is -2.31. The Labute approximate surface area is 121 Å². The number of hydrogen-bond acceptors (Lipinski definition) is 2. The van der Waals surface area contributed by atoms with Crippen LogP contribution in [0, 0.1) is 0 Å². The zero-order chi connectivity index (χ0) is 14.1. The zero-order valence-electron chi connectivity index (χ0n) is 12.5. The second-order valence-electron chi connectivity index (χ2n) is 6.47. The molecule has 3 rings (SSSR count). The molecule has 3 nitrogen and oxygen atoms in total. The van der Waals surface area contributed by atoms with E-state index in [0.717, 1.165) is 32.5 Å². The molecular formula is C17H24N2O. The van der Waals surface area contributed by atoms with Crippen molar-refractivity contribution in [2.75, 3.05) is 13.1 Å². The molecule has 0 aliphatic carbocycles. The summed E-state index contributed by atoms with van der Waals surface area (Å²) >= 11 is 0. The van der Waals surface area contributed by atoms with Crippen LogP contribution in [0.2, 0.25) is 0 Å². The smallest absolute Gasteiger partial charge is 0.220 e. The minimum absolute atomic E-state index is 0.217. The molecule has 20 heavy (non-hydrogen) atoms. The number of hydrogen-bond donors (Lipinski definition) is 1. The Kier molecular flexibility index (Phi) is 3.79. The number of nitrogens with zero attached hydrogens (tertiary/aromatic N) is 1. The Morgan fingerprint density at radius 1 is 1.30 bits per heavy atom. The molecule has 2 aliphatic rings. The fourth-order valence-electron chi connectivity index (χ4n) is 3.28. The van der Waals surface area contributed by atoms with Gasteiger partial charge in [0.05, 0.1) is 0 Å². The summed E-state index contributed by atoms with van der Waals surface area (Å²) in [7, 11) is 0. The predicted octanol–water partition coefficient (Wildman–Crippen LogP) is 2.45. The number of carbonyl (C=O) groups excluding carboxylic acids is 1. The lowest BCUT2D eigenvalue weighted by atomic mass is 9.93. The van der Waals surface area contributed by atoms with Crippen molar-refractivity contribution >= 4 is 5.91 Å². The van der Waals surface area contributed by atoms with E-state index in [-0.39, 0.29) is 5.91 Å². The number of fused-ring (bicyclic) bond motifs is 1. The maximum atomic E-state index is 11.3. The van der Waals surface area contributed by atoms with Crippen LogP contribution in [0.3, 0.4) is 0 Å². The summed E-state index contributed by atoms with van der Waals surface area (Å²) in [5.74, 6) is 0.805. The number of amides is 1. The first-order chi connectivity index (χ1) is 9.61. The normalized spacial score (nSPS) is 22.9. The molecule has 1 saturated heterocycles. The summed E-state index contributed by atoms with van der Waals surface area (Å²) in [6.07, 6.45) is 2.83. The molecule has 0 spiro atoms. The van der Waals surface area contributed by atoms with Crippen LogP contribution in [-0.2, 0) is 17.8 Å². The van der Waals surface area contributed by atoms with Crippen molar-refractivity contribution in [2.24, 2.45) is 0 Å². The first-order valence-electron chi connectivity index (χ1n) is 7.75. The van der Waals surface area contributed by atoms with Crippen LogP contribution in [-0.4, -0.2) is 29.9 Å². The van der Waals surface area contributed by atoms with Crippen molar-refractivity contribution in [2.45, 2.75) is 51.6 Å². The van der Waals surface area contributed by atoms with Gasteiger partial charge in [0.2, 0.25) is 5.91 Å². The van der Waals surface area contributed by atoms with Gasteiger partial charge in [-0.2, -0.15) is 0 Å². The largest absolute Gasteiger partial charge is 0.352 e. The van der Waals surface area contributed by atoms with Crippen LogP contribution in [0.5, 0.6) is 0 Å². The van der Waals surface area contributed by atoms with Crippen molar-refractivity contribution in [1.82, 2.24) is 10.2 Å². The number of carbonyl (C=O) groups is 1. The summed E-state index contributed by atoms with van der Waals surface area (Å²) in [6, 6.07) is 7.31. The second-order valence-corrected chi connectivity index (χ2v) is 6.47. The Hall–Kier alpha value is -1.35. The summed E-state index contributed by atoms with van der Waals surface area (Å²) in [5, 5.41) is 3.07. The van der Waals surface area contributed by atoms with E-state index >= 15 is 0 Å². The van der Waals surface area contributed by atoms with Crippen LogP contribution in [0.15, 0.2) is 18.2 Å². The molecule has 1 amide bonds. The first kappa shape index (κ1) is 13.6. The molecule has 1 N–H and O–H groups in total. The molecular weight excluding hydrogens is 248 g/mol. The maximum absolute atomic E-state index is 11.3. The van der Waals surface area contributed by atoms with E-state index < -0.39 is 0 Å². The molecule has 0 bridgehead atoms. The van der Waals surface area contributed by atoms with Gasteiger partial charge in [0.15, 0.2) is 0 Å². The van der Waals surface area contributed by atoms with E-state index in [2.05, 4.69) is 42.3 Å². The summed E-state index contributed by atoms with van der Waals surface area (Å²) in [4.78, 5) is 13.8. The fourth-order valence-corrected chi connectivity index (χ4v) is 3.28. The highest BCUT2D eigenvalue weighted by Gasteiger charge is 2.25. The van der Waals surface area contributed by atoms with Crippen molar-refractivity contribution < 1.29 is 4.79 Å². The second kappa shape index (κ2) is 5.57. The molecule has 1 atom stereocenters. The van der Waals surface area contributed by atoms with E-state index in [0.29, 0.717) is 18.4 Å². The Morgan fingerprint density at radius 2 is 2.15 bits per heavy atom. The third-order valence-electron chi connectivity index (χ3n) is 4.55. The van der Waals surface area contributed by atoms with Crippen LogP contribution < -0.4 is 5.32 Å². The van der Waals surface area contributed by atoms with Gasteiger partial charge >= 0.3 is 0 Å². The quantitative estimate of drug-likeness (QED) is 0.916. The SMILES string of the molecule is CC(C)c1ccc2c(c1)CN(C[C@H]1CCC(=O)N1)CC2. The summed E-state index contributed by atoms with van der Waals surface area (Å²) in [6.45, 7) is 7.63. The average Bonchev–Trinajstić information content (AvgIpc) is 2.83. The molecule has 1 aromatic rings. The Bertz CT molecular complexity index is 510. The lowest BCUT2D eigenvalue weighted by molar-refractivity contribution is -0.119. The molecule has 0 unspecified atom stereocenters. The van der Waals surface area contributed by atoms with Crippen LogP contribution in [0.4, 0.5) is 0 Å². The summed E-state index contributed by atoms with van der Waals surface area (Å²) < 4.78 is 0. The molecule has 1 fully saturated rings. The van der Waals surface area contributed by atoms with E-state index in [9.17, 15) is 4.79 Å². The van der Waals surface area contributed by atoms with Gasteiger partial charge in [-0.1, -0.05) is 32.0 Å². The molecule has 2 heterocycles. The Balaban J connectivity index is 1.67. The third kappa shape index (κ3) is 2.88. The zero-order valence-corrected chi connectivity index (χ0v) is 12.5. The molecule has 108 valence electrons. The summed E-state index contributed by atoms with van der Waals surface area (Å²) in [5.41, 5.74) is 4.41. The van der Waals surface area contributed by atoms with E-state index in [4.69, 9.17) is 0 Å². The van der Waals surface area contributed by atoms with Crippen LogP contribution in [0.1, 0.15) is 49.3 Å². The van der Waals surface area contributed by atoms with Gasteiger partial charge in [0, 0.05) is 32.1 Å². The van der Waals surface area contributed by atoms with Gasteiger partial charge in [-0.05, 0) is 35.4 Å². The number of benzene rings is 1. The lowest BCUT2D eigenvalue weighted by Crippen LogP contribution is -2.41. The van der Waals surface area contributed by atoms with Crippen molar-refractivity contribution in [3.8, 4) is 0 Å². The molecule has 1 aromatic carbocycles. The van der Waals surface area contributed by atoms with Crippen molar-refractivity contribution in [3.05, 3.63) is 34.9 Å². The number of nitrogens with one attached hydrogen (secondary N) is 1. The third-order valence-corrected chi connectivity index (χ3v) is 4.55. The highest BCUT2D eigenvalue weighted by atomic mass is 16.1. The van der Waals surface area contributed by atoms with Gasteiger partial charge in [-0.15, -0.1) is 0 Å². The topological polar surface area (TPSA) is 32.3 Å². The van der Waals surface area contributed by atoms with Crippen LogP contribution >= 0.6 is 0 Å². The minimum atomic E-state index is 0.217. The average molecular weight is 272 g/mol. The minimum Gasteiger partial charge on any atom is -0.352 e. The van der Waals surface area contributed by atoms with E-state index in [1.807, 2.05) is 0 Å². The Morgan fingerprint density at radius 3 is 2.85 bits per heavy atom. The van der Waals surface area contributed by atoms with Crippen molar-refractivity contribution in [3.63, 3.8) is 0 Å². The molecule has 0 aromatic heterocycles. The standard InChI is InChI=1S/C17H24N2O/c1-12(2)14-4-3-13-7-8-19(10-15(13)9-14)11-16-5-6-17(20)18-16/h3-4,9,12,16H,5-8,10-11H2,1-2H3,(H,18,20)/t16-/m1/s1. The molecule has 2 aliphatic heterocycles. The van der Waals surface area contributed by atoms with Gasteiger partial charge < -0.3 is 5.32 Å². The number of rotatable bonds is 3. The monoisotopic (exact) mass is 272 g/mol. The van der Waals surface area contributed by atoms with Gasteiger partial charge in [0.25, 0.3) is 0 Å². The van der Waals surface area contributed by atoms with Gasteiger partial charge in [-0.25, -0.2) is 0 Å². The van der Waals surface area contributed by atoms with Crippen molar-refractivity contribution in [1.29, 1.82) is 0 Å². The van der Waals surface area contributed by atoms with Gasteiger partial charge in [0.1, 0.15) is 0 Å².